The molecule has 0 atom stereocenters. The number of amides is 1. The van der Waals surface area contributed by atoms with Gasteiger partial charge in [0.1, 0.15) is 12.4 Å². The topological polar surface area (TPSA) is 95.1 Å². The largest absolute Gasteiger partial charge is 0.368 e. The SMILES string of the molecule is CS(=O)(=O)c1ccc(-c2nc3ccccc3n2CC(N)=O)cc1. The van der Waals surface area contributed by atoms with Crippen LogP contribution in [0.3, 0.4) is 0 Å². The third-order valence-corrected chi connectivity index (χ3v) is 4.64. The lowest BCUT2D eigenvalue weighted by atomic mass is 10.2. The summed E-state index contributed by atoms with van der Waals surface area (Å²) in [4.78, 5) is 16.1. The molecule has 0 bridgehead atoms. The van der Waals surface area contributed by atoms with Crippen molar-refractivity contribution in [2.24, 2.45) is 5.73 Å². The van der Waals surface area contributed by atoms with Crippen LogP contribution in [0.2, 0.25) is 0 Å². The molecule has 6 nitrogen and oxygen atoms in total. The van der Waals surface area contributed by atoms with Crippen LogP contribution < -0.4 is 5.73 Å². The van der Waals surface area contributed by atoms with E-state index < -0.39 is 15.7 Å². The number of carbonyl (C=O) groups excluding carboxylic acids is 1. The van der Waals surface area contributed by atoms with Gasteiger partial charge in [-0.1, -0.05) is 12.1 Å². The summed E-state index contributed by atoms with van der Waals surface area (Å²) in [6.45, 7) is 0.00365. The highest BCUT2D eigenvalue weighted by molar-refractivity contribution is 7.90. The number of sulfone groups is 1. The fraction of sp³-hybridized carbons (Fsp3) is 0.125. The third kappa shape index (κ3) is 2.95. The molecule has 1 heterocycles. The van der Waals surface area contributed by atoms with Crippen molar-refractivity contribution in [1.29, 1.82) is 0 Å². The number of nitrogens with zero attached hydrogens (tertiary/aromatic N) is 2. The van der Waals surface area contributed by atoms with E-state index in [0.717, 1.165) is 22.9 Å². The maximum absolute atomic E-state index is 11.6. The second-order valence-electron chi connectivity index (χ2n) is 5.27. The summed E-state index contributed by atoms with van der Waals surface area (Å²) in [5, 5.41) is 0. The van der Waals surface area contributed by atoms with E-state index in [1.165, 1.54) is 12.1 Å². The molecule has 118 valence electrons. The molecule has 0 unspecified atom stereocenters. The van der Waals surface area contributed by atoms with E-state index in [9.17, 15) is 13.2 Å². The summed E-state index contributed by atoms with van der Waals surface area (Å²) in [5.41, 5.74) is 7.60. The summed E-state index contributed by atoms with van der Waals surface area (Å²) < 4.78 is 24.8. The Kier molecular flexibility index (Phi) is 3.65. The quantitative estimate of drug-likeness (QED) is 0.786. The monoisotopic (exact) mass is 329 g/mol. The number of nitrogens with two attached hydrogens (primary N) is 1. The lowest BCUT2D eigenvalue weighted by molar-refractivity contribution is -0.118. The van der Waals surface area contributed by atoms with Crippen molar-refractivity contribution in [3.63, 3.8) is 0 Å². The molecule has 0 fully saturated rings. The van der Waals surface area contributed by atoms with Gasteiger partial charge >= 0.3 is 0 Å². The van der Waals surface area contributed by atoms with Crippen LogP contribution >= 0.6 is 0 Å². The Morgan fingerprint density at radius 2 is 1.78 bits per heavy atom. The van der Waals surface area contributed by atoms with Gasteiger partial charge in [-0.15, -0.1) is 0 Å². The predicted molar refractivity (Wildman–Crippen MR) is 87.5 cm³/mol. The Balaban J connectivity index is 2.17. The van der Waals surface area contributed by atoms with Crippen molar-refractivity contribution < 1.29 is 13.2 Å². The van der Waals surface area contributed by atoms with Crippen LogP contribution in [0.1, 0.15) is 0 Å². The van der Waals surface area contributed by atoms with Crippen LogP contribution in [0.4, 0.5) is 0 Å². The Bertz CT molecular complexity index is 989. The molecule has 0 aliphatic rings. The fourth-order valence-electron chi connectivity index (χ4n) is 2.46. The summed E-state index contributed by atoms with van der Waals surface area (Å²) >= 11 is 0. The van der Waals surface area contributed by atoms with E-state index in [1.54, 1.807) is 16.7 Å². The van der Waals surface area contributed by atoms with Gasteiger partial charge in [-0.2, -0.15) is 0 Å². The number of rotatable bonds is 4. The van der Waals surface area contributed by atoms with Crippen LogP contribution in [0.15, 0.2) is 53.4 Å². The van der Waals surface area contributed by atoms with Gasteiger partial charge in [-0.25, -0.2) is 13.4 Å². The minimum Gasteiger partial charge on any atom is -0.368 e. The normalized spacial score (nSPS) is 11.7. The van der Waals surface area contributed by atoms with Crippen LogP contribution in [0.25, 0.3) is 22.4 Å². The summed E-state index contributed by atoms with van der Waals surface area (Å²) in [7, 11) is -3.26. The second kappa shape index (κ2) is 5.51. The lowest BCUT2D eigenvalue weighted by Crippen LogP contribution is -2.19. The van der Waals surface area contributed by atoms with Gasteiger partial charge in [0.15, 0.2) is 9.84 Å². The van der Waals surface area contributed by atoms with E-state index in [0.29, 0.717) is 5.82 Å². The number of carbonyl (C=O) groups is 1. The molecule has 23 heavy (non-hydrogen) atoms. The molecule has 0 radical (unpaired) electrons. The number of hydrogen-bond acceptors (Lipinski definition) is 4. The molecule has 1 aromatic heterocycles. The first-order valence-electron chi connectivity index (χ1n) is 6.90. The van der Waals surface area contributed by atoms with E-state index >= 15 is 0 Å². The molecule has 0 aliphatic heterocycles. The van der Waals surface area contributed by atoms with Crippen LogP contribution in [-0.4, -0.2) is 30.1 Å². The van der Waals surface area contributed by atoms with Crippen LogP contribution in [0.5, 0.6) is 0 Å². The number of imidazole rings is 1. The molecular formula is C16H15N3O3S. The van der Waals surface area contributed by atoms with Crippen LogP contribution in [0, 0.1) is 0 Å². The van der Waals surface area contributed by atoms with E-state index in [4.69, 9.17) is 5.73 Å². The molecule has 3 aromatic rings. The second-order valence-corrected chi connectivity index (χ2v) is 7.29. The Morgan fingerprint density at radius 1 is 1.13 bits per heavy atom. The molecular weight excluding hydrogens is 314 g/mol. The van der Waals surface area contributed by atoms with Gasteiger partial charge in [-0.05, 0) is 36.4 Å². The third-order valence-electron chi connectivity index (χ3n) is 3.51. The van der Waals surface area contributed by atoms with Gasteiger partial charge in [-0.3, -0.25) is 4.79 Å². The molecule has 0 saturated heterocycles. The van der Waals surface area contributed by atoms with E-state index in [1.807, 2.05) is 24.3 Å². The summed E-state index contributed by atoms with van der Waals surface area (Å²) in [5.74, 6) is 0.104. The maximum atomic E-state index is 11.6. The Morgan fingerprint density at radius 3 is 2.39 bits per heavy atom. The van der Waals surface area contributed by atoms with Crippen molar-refractivity contribution in [2.45, 2.75) is 11.4 Å². The zero-order valence-electron chi connectivity index (χ0n) is 12.4. The van der Waals surface area contributed by atoms with Crippen molar-refractivity contribution >= 4 is 26.8 Å². The van der Waals surface area contributed by atoms with Crippen molar-refractivity contribution in [3.8, 4) is 11.4 Å². The molecule has 0 aliphatic carbocycles. The average Bonchev–Trinajstić information content (AvgIpc) is 2.85. The summed E-state index contributed by atoms with van der Waals surface area (Å²) in [6, 6.07) is 13.8. The molecule has 2 N–H and O–H groups in total. The Hall–Kier alpha value is -2.67. The highest BCUT2D eigenvalue weighted by Gasteiger charge is 2.15. The molecule has 1 amide bonds. The number of hydrogen-bond donors (Lipinski definition) is 1. The average molecular weight is 329 g/mol. The zero-order valence-corrected chi connectivity index (χ0v) is 13.2. The van der Waals surface area contributed by atoms with Crippen molar-refractivity contribution in [1.82, 2.24) is 9.55 Å². The minimum atomic E-state index is -3.26. The van der Waals surface area contributed by atoms with Gasteiger partial charge in [0.2, 0.25) is 5.91 Å². The van der Waals surface area contributed by atoms with E-state index in [-0.39, 0.29) is 11.4 Å². The number of fused-ring (bicyclic) bond motifs is 1. The highest BCUT2D eigenvalue weighted by Crippen LogP contribution is 2.25. The number of para-hydroxylation sites is 2. The van der Waals surface area contributed by atoms with Gasteiger partial charge in [0.05, 0.1) is 15.9 Å². The first-order chi connectivity index (χ1) is 10.9. The maximum Gasteiger partial charge on any atom is 0.237 e. The number of primary amides is 1. The minimum absolute atomic E-state index is 0.00365. The first kappa shape index (κ1) is 15.2. The molecule has 3 rings (SSSR count). The van der Waals surface area contributed by atoms with Gasteiger partial charge in [0, 0.05) is 11.8 Å². The lowest BCUT2D eigenvalue weighted by Gasteiger charge is -2.07. The smallest absolute Gasteiger partial charge is 0.237 e. The highest BCUT2D eigenvalue weighted by atomic mass is 32.2. The van der Waals surface area contributed by atoms with Crippen molar-refractivity contribution in [2.75, 3.05) is 6.26 Å². The van der Waals surface area contributed by atoms with E-state index in [2.05, 4.69) is 4.98 Å². The first-order valence-corrected chi connectivity index (χ1v) is 8.79. The zero-order chi connectivity index (χ0) is 16.6. The van der Waals surface area contributed by atoms with Gasteiger partial charge < -0.3 is 10.3 Å². The van der Waals surface area contributed by atoms with Crippen LogP contribution in [-0.2, 0) is 21.2 Å². The predicted octanol–water partition coefficient (Wildman–Crippen LogP) is 1.59. The molecule has 7 heteroatoms. The Labute approximate surface area is 133 Å². The summed E-state index contributed by atoms with van der Waals surface area (Å²) in [6.07, 6.45) is 1.16. The fourth-order valence-corrected chi connectivity index (χ4v) is 3.09. The standard InChI is InChI=1S/C16H15N3O3S/c1-23(21,22)12-8-6-11(7-9-12)16-18-13-4-2-3-5-14(13)19(16)10-15(17)20/h2-9H,10H2,1H3,(H2,17,20). The molecule has 0 spiro atoms. The number of benzene rings is 2. The van der Waals surface area contributed by atoms with Crippen molar-refractivity contribution in [3.05, 3.63) is 48.5 Å². The number of aromatic nitrogens is 2. The molecule has 2 aromatic carbocycles. The molecule has 0 saturated carbocycles. The van der Waals surface area contributed by atoms with Gasteiger partial charge in [0.25, 0.3) is 0 Å².